The maximum Gasteiger partial charge on any atom is 0.146 e. The lowest BCUT2D eigenvalue weighted by molar-refractivity contribution is 0.414. The standard InChI is InChI=1S/C12H14FN3O/c1-8-14-6-9(16-8)7-15-12-5-10(17-2)3-4-11(12)13/h3-6,15H,7H2,1-2H3,(H,14,16). The van der Waals surface area contributed by atoms with Gasteiger partial charge >= 0.3 is 0 Å². The van der Waals surface area contributed by atoms with Gasteiger partial charge in [-0.15, -0.1) is 0 Å². The Labute approximate surface area is 98.8 Å². The predicted molar refractivity (Wildman–Crippen MR) is 63.6 cm³/mol. The van der Waals surface area contributed by atoms with Crippen LogP contribution < -0.4 is 10.1 Å². The van der Waals surface area contributed by atoms with E-state index < -0.39 is 0 Å². The second kappa shape index (κ2) is 4.86. The van der Waals surface area contributed by atoms with E-state index >= 15 is 0 Å². The molecule has 0 aliphatic heterocycles. The van der Waals surface area contributed by atoms with Crippen molar-refractivity contribution in [2.75, 3.05) is 12.4 Å². The summed E-state index contributed by atoms with van der Waals surface area (Å²) in [6, 6.07) is 4.58. The van der Waals surface area contributed by atoms with E-state index in [0.29, 0.717) is 18.0 Å². The molecule has 0 atom stereocenters. The Morgan fingerprint density at radius 2 is 2.29 bits per heavy atom. The highest BCUT2D eigenvalue weighted by Gasteiger charge is 2.04. The Morgan fingerprint density at radius 1 is 1.47 bits per heavy atom. The molecule has 0 saturated carbocycles. The maximum absolute atomic E-state index is 13.5. The van der Waals surface area contributed by atoms with Crippen LogP contribution in [0.3, 0.4) is 0 Å². The number of anilines is 1. The SMILES string of the molecule is COc1ccc(F)c(NCc2cnc(C)[nH]2)c1. The molecule has 0 aliphatic carbocycles. The summed E-state index contributed by atoms with van der Waals surface area (Å²) in [5, 5.41) is 2.99. The lowest BCUT2D eigenvalue weighted by atomic mass is 10.3. The van der Waals surface area contributed by atoms with Crippen molar-refractivity contribution in [3.05, 3.63) is 41.7 Å². The van der Waals surface area contributed by atoms with Crippen LogP contribution in [0.2, 0.25) is 0 Å². The smallest absolute Gasteiger partial charge is 0.146 e. The molecular weight excluding hydrogens is 221 g/mol. The van der Waals surface area contributed by atoms with Crippen LogP contribution >= 0.6 is 0 Å². The van der Waals surface area contributed by atoms with E-state index in [-0.39, 0.29) is 5.82 Å². The fourth-order valence-electron chi connectivity index (χ4n) is 1.52. The van der Waals surface area contributed by atoms with E-state index in [0.717, 1.165) is 11.5 Å². The van der Waals surface area contributed by atoms with Gasteiger partial charge in [-0.3, -0.25) is 0 Å². The molecule has 0 radical (unpaired) electrons. The number of ether oxygens (including phenoxy) is 1. The number of hydrogen-bond donors (Lipinski definition) is 2. The number of methoxy groups -OCH3 is 1. The zero-order valence-electron chi connectivity index (χ0n) is 9.75. The van der Waals surface area contributed by atoms with Gasteiger partial charge in [0.1, 0.15) is 17.4 Å². The van der Waals surface area contributed by atoms with E-state index in [1.165, 1.54) is 6.07 Å². The summed E-state index contributed by atoms with van der Waals surface area (Å²) in [5.41, 5.74) is 1.32. The van der Waals surface area contributed by atoms with Crippen LogP contribution in [0.25, 0.3) is 0 Å². The molecule has 0 spiro atoms. The van der Waals surface area contributed by atoms with E-state index in [4.69, 9.17) is 4.74 Å². The van der Waals surface area contributed by atoms with Crippen molar-refractivity contribution in [2.45, 2.75) is 13.5 Å². The van der Waals surface area contributed by atoms with Gasteiger partial charge in [0.15, 0.2) is 0 Å². The number of H-pyrrole nitrogens is 1. The third-order valence-electron chi connectivity index (χ3n) is 2.40. The highest BCUT2D eigenvalue weighted by atomic mass is 19.1. The molecule has 1 aromatic carbocycles. The van der Waals surface area contributed by atoms with Crippen LogP contribution in [0.5, 0.6) is 5.75 Å². The topological polar surface area (TPSA) is 49.9 Å². The number of nitrogens with one attached hydrogen (secondary N) is 2. The minimum absolute atomic E-state index is 0.304. The van der Waals surface area contributed by atoms with Crippen molar-refractivity contribution in [3.8, 4) is 5.75 Å². The summed E-state index contributed by atoms with van der Waals surface area (Å²) in [6.07, 6.45) is 1.72. The largest absolute Gasteiger partial charge is 0.497 e. The first-order chi connectivity index (χ1) is 8.19. The van der Waals surface area contributed by atoms with Gasteiger partial charge < -0.3 is 15.0 Å². The van der Waals surface area contributed by atoms with Gasteiger partial charge in [0.05, 0.1) is 31.2 Å². The van der Waals surface area contributed by atoms with Gasteiger partial charge in [0.2, 0.25) is 0 Å². The summed E-state index contributed by atoms with van der Waals surface area (Å²) < 4.78 is 18.5. The highest BCUT2D eigenvalue weighted by molar-refractivity contribution is 5.49. The number of imidazole rings is 1. The average molecular weight is 235 g/mol. The van der Waals surface area contributed by atoms with Crippen molar-refractivity contribution in [1.29, 1.82) is 0 Å². The van der Waals surface area contributed by atoms with Crippen LogP contribution in [0, 0.1) is 12.7 Å². The number of aryl methyl sites for hydroxylation is 1. The Bertz CT molecular complexity index is 510. The van der Waals surface area contributed by atoms with Crippen molar-refractivity contribution < 1.29 is 9.13 Å². The first kappa shape index (κ1) is 11.4. The van der Waals surface area contributed by atoms with E-state index in [1.807, 2.05) is 6.92 Å². The van der Waals surface area contributed by atoms with Crippen LogP contribution in [0.15, 0.2) is 24.4 Å². The predicted octanol–water partition coefficient (Wildman–Crippen LogP) is 2.48. The Hall–Kier alpha value is -2.04. The van der Waals surface area contributed by atoms with Crippen molar-refractivity contribution >= 4 is 5.69 Å². The number of rotatable bonds is 4. The lowest BCUT2D eigenvalue weighted by Crippen LogP contribution is -2.02. The van der Waals surface area contributed by atoms with Gasteiger partial charge in [-0.25, -0.2) is 9.37 Å². The summed E-state index contributed by atoms with van der Waals surface area (Å²) in [4.78, 5) is 7.14. The fourth-order valence-corrected chi connectivity index (χ4v) is 1.52. The zero-order chi connectivity index (χ0) is 12.3. The van der Waals surface area contributed by atoms with E-state index in [9.17, 15) is 4.39 Å². The molecule has 1 heterocycles. The molecule has 0 unspecified atom stereocenters. The molecule has 5 heteroatoms. The van der Waals surface area contributed by atoms with Gasteiger partial charge in [0, 0.05) is 6.07 Å². The number of aromatic nitrogens is 2. The van der Waals surface area contributed by atoms with Crippen LogP contribution in [0.1, 0.15) is 11.5 Å². The van der Waals surface area contributed by atoms with Crippen molar-refractivity contribution in [1.82, 2.24) is 9.97 Å². The number of hydrogen-bond acceptors (Lipinski definition) is 3. The maximum atomic E-state index is 13.5. The molecule has 17 heavy (non-hydrogen) atoms. The first-order valence-corrected chi connectivity index (χ1v) is 5.27. The molecular formula is C12H14FN3O. The van der Waals surface area contributed by atoms with E-state index in [2.05, 4.69) is 15.3 Å². The highest BCUT2D eigenvalue weighted by Crippen LogP contribution is 2.21. The minimum Gasteiger partial charge on any atom is -0.497 e. The molecule has 2 rings (SSSR count). The average Bonchev–Trinajstić information content (AvgIpc) is 2.74. The fraction of sp³-hybridized carbons (Fsp3) is 0.250. The van der Waals surface area contributed by atoms with E-state index in [1.54, 1.807) is 25.4 Å². The second-order valence-corrected chi connectivity index (χ2v) is 3.69. The third-order valence-corrected chi connectivity index (χ3v) is 2.40. The molecule has 0 amide bonds. The monoisotopic (exact) mass is 235 g/mol. The second-order valence-electron chi connectivity index (χ2n) is 3.69. The number of nitrogens with zero attached hydrogens (tertiary/aromatic N) is 1. The summed E-state index contributed by atoms with van der Waals surface area (Å²) in [7, 11) is 1.55. The van der Waals surface area contributed by atoms with Crippen LogP contribution in [-0.4, -0.2) is 17.1 Å². The van der Waals surface area contributed by atoms with Gasteiger partial charge in [-0.2, -0.15) is 0 Å². The Morgan fingerprint density at radius 3 is 2.94 bits per heavy atom. The number of benzene rings is 1. The molecule has 0 fully saturated rings. The van der Waals surface area contributed by atoms with Gasteiger partial charge in [0.25, 0.3) is 0 Å². The number of aromatic amines is 1. The lowest BCUT2D eigenvalue weighted by Gasteiger charge is -2.08. The first-order valence-electron chi connectivity index (χ1n) is 5.27. The summed E-state index contributed by atoms with van der Waals surface area (Å²) in [5.74, 6) is 1.16. The van der Waals surface area contributed by atoms with Crippen LogP contribution in [-0.2, 0) is 6.54 Å². The third kappa shape index (κ3) is 2.75. The minimum atomic E-state index is -0.304. The molecule has 90 valence electrons. The molecule has 2 N–H and O–H groups in total. The molecule has 4 nitrogen and oxygen atoms in total. The van der Waals surface area contributed by atoms with Crippen molar-refractivity contribution in [3.63, 3.8) is 0 Å². The van der Waals surface area contributed by atoms with Crippen molar-refractivity contribution in [2.24, 2.45) is 0 Å². The Kier molecular flexibility index (Phi) is 3.27. The summed E-state index contributed by atoms with van der Waals surface area (Å²) in [6.45, 7) is 2.36. The summed E-state index contributed by atoms with van der Waals surface area (Å²) >= 11 is 0. The molecule has 2 aromatic rings. The van der Waals surface area contributed by atoms with Gasteiger partial charge in [-0.05, 0) is 19.1 Å². The quantitative estimate of drug-likeness (QED) is 0.856. The Balaban J connectivity index is 2.07. The molecule has 1 aromatic heterocycles. The molecule has 0 aliphatic rings. The molecule has 0 bridgehead atoms. The van der Waals surface area contributed by atoms with Gasteiger partial charge in [-0.1, -0.05) is 0 Å². The zero-order valence-corrected chi connectivity index (χ0v) is 9.75. The normalized spacial score (nSPS) is 10.3. The molecule has 0 saturated heterocycles. The van der Waals surface area contributed by atoms with Crippen LogP contribution in [0.4, 0.5) is 10.1 Å². The number of halogens is 1.